The lowest BCUT2D eigenvalue weighted by atomic mass is 9.94. The summed E-state index contributed by atoms with van der Waals surface area (Å²) in [5.74, 6) is 0. The maximum absolute atomic E-state index is 9.48. The Morgan fingerprint density at radius 3 is 2.36 bits per heavy atom. The summed E-state index contributed by atoms with van der Waals surface area (Å²) in [7, 11) is 0. The van der Waals surface area contributed by atoms with Crippen LogP contribution in [0.15, 0.2) is 0 Å². The standard InChI is InChI=1S/C8H18O3/c1-3-8(2,11)6-7(10)4-5-9/h7,9-11H,3-6H2,1-2H3. The van der Waals surface area contributed by atoms with Gasteiger partial charge in [0.1, 0.15) is 0 Å². The molecule has 0 rings (SSSR count). The third-order valence-electron chi connectivity index (χ3n) is 1.90. The highest BCUT2D eigenvalue weighted by atomic mass is 16.3. The first-order valence-corrected chi connectivity index (χ1v) is 4.03. The molecule has 0 spiro atoms. The second-order valence-electron chi connectivity index (χ2n) is 3.22. The number of aliphatic hydroxyl groups is 3. The Labute approximate surface area is 67.7 Å². The molecule has 0 aromatic rings. The molecule has 0 aromatic heterocycles. The maximum atomic E-state index is 9.48. The van der Waals surface area contributed by atoms with Crippen molar-refractivity contribution in [3.05, 3.63) is 0 Å². The van der Waals surface area contributed by atoms with Crippen LogP contribution in [0.5, 0.6) is 0 Å². The van der Waals surface area contributed by atoms with Crippen molar-refractivity contribution in [3.8, 4) is 0 Å². The molecule has 0 heterocycles. The van der Waals surface area contributed by atoms with Crippen LogP contribution in [-0.4, -0.2) is 33.6 Å². The van der Waals surface area contributed by atoms with E-state index in [1.165, 1.54) is 0 Å². The quantitative estimate of drug-likeness (QED) is 0.544. The van der Waals surface area contributed by atoms with Crippen molar-refractivity contribution >= 4 is 0 Å². The van der Waals surface area contributed by atoms with Crippen molar-refractivity contribution in [2.75, 3.05) is 6.61 Å². The second-order valence-corrected chi connectivity index (χ2v) is 3.22. The van der Waals surface area contributed by atoms with Crippen molar-refractivity contribution in [1.82, 2.24) is 0 Å². The summed E-state index contributed by atoms with van der Waals surface area (Å²) in [6.07, 6.45) is 0.713. The van der Waals surface area contributed by atoms with Gasteiger partial charge in [0, 0.05) is 13.0 Å². The van der Waals surface area contributed by atoms with Crippen LogP contribution < -0.4 is 0 Å². The van der Waals surface area contributed by atoms with Crippen molar-refractivity contribution in [3.63, 3.8) is 0 Å². The van der Waals surface area contributed by atoms with Gasteiger partial charge >= 0.3 is 0 Å². The molecule has 3 heteroatoms. The summed E-state index contributed by atoms with van der Waals surface area (Å²) in [4.78, 5) is 0. The number of hydrogen-bond donors (Lipinski definition) is 3. The predicted molar refractivity (Wildman–Crippen MR) is 43.2 cm³/mol. The van der Waals surface area contributed by atoms with E-state index >= 15 is 0 Å². The van der Waals surface area contributed by atoms with Crippen LogP contribution in [0.2, 0.25) is 0 Å². The molecule has 3 nitrogen and oxygen atoms in total. The molecular formula is C8H18O3. The van der Waals surface area contributed by atoms with Crippen LogP contribution in [0.25, 0.3) is 0 Å². The molecule has 0 fully saturated rings. The van der Waals surface area contributed by atoms with Gasteiger partial charge < -0.3 is 15.3 Å². The highest BCUT2D eigenvalue weighted by Crippen LogP contribution is 2.17. The minimum absolute atomic E-state index is 0.0268. The van der Waals surface area contributed by atoms with Crippen molar-refractivity contribution in [1.29, 1.82) is 0 Å². The molecule has 0 amide bonds. The van der Waals surface area contributed by atoms with E-state index in [0.717, 1.165) is 0 Å². The fourth-order valence-corrected chi connectivity index (χ4v) is 0.903. The summed E-state index contributed by atoms with van der Waals surface area (Å²) in [6, 6.07) is 0. The van der Waals surface area contributed by atoms with Gasteiger partial charge in [-0.2, -0.15) is 0 Å². The molecule has 0 aliphatic rings. The Morgan fingerprint density at radius 1 is 1.45 bits per heavy atom. The predicted octanol–water partition coefficient (Wildman–Crippen LogP) is 0.281. The van der Waals surface area contributed by atoms with Gasteiger partial charge in [0.05, 0.1) is 11.7 Å². The Hall–Kier alpha value is -0.120. The van der Waals surface area contributed by atoms with Gasteiger partial charge in [-0.15, -0.1) is 0 Å². The lowest BCUT2D eigenvalue weighted by molar-refractivity contribution is -0.00535. The summed E-state index contributed by atoms with van der Waals surface area (Å²) in [6.45, 7) is 3.53. The topological polar surface area (TPSA) is 60.7 Å². The average molecular weight is 162 g/mol. The Kier molecular flexibility index (Phi) is 4.65. The van der Waals surface area contributed by atoms with E-state index in [1.54, 1.807) is 6.92 Å². The monoisotopic (exact) mass is 162 g/mol. The zero-order valence-corrected chi connectivity index (χ0v) is 7.25. The largest absolute Gasteiger partial charge is 0.396 e. The molecule has 0 aliphatic carbocycles. The molecule has 0 saturated heterocycles. The van der Waals surface area contributed by atoms with E-state index in [2.05, 4.69) is 0 Å². The lowest BCUT2D eigenvalue weighted by Crippen LogP contribution is -2.29. The first-order chi connectivity index (χ1) is 5.02. The zero-order chi connectivity index (χ0) is 8.91. The summed E-state index contributed by atoms with van der Waals surface area (Å²) in [5.41, 5.74) is -0.797. The highest BCUT2D eigenvalue weighted by Gasteiger charge is 2.21. The summed E-state index contributed by atoms with van der Waals surface area (Å²) >= 11 is 0. The van der Waals surface area contributed by atoms with Gasteiger partial charge in [-0.25, -0.2) is 0 Å². The third kappa shape index (κ3) is 5.18. The number of hydrogen-bond acceptors (Lipinski definition) is 3. The maximum Gasteiger partial charge on any atom is 0.0641 e. The average Bonchev–Trinajstić information content (AvgIpc) is 1.87. The minimum Gasteiger partial charge on any atom is -0.396 e. The molecule has 0 radical (unpaired) electrons. The fraction of sp³-hybridized carbons (Fsp3) is 1.00. The number of rotatable bonds is 5. The first kappa shape index (κ1) is 10.9. The van der Waals surface area contributed by atoms with E-state index < -0.39 is 11.7 Å². The van der Waals surface area contributed by atoms with Crippen LogP contribution in [0, 0.1) is 0 Å². The fourth-order valence-electron chi connectivity index (χ4n) is 0.903. The lowest BCUT2D eigenvalue weighted by Gasteiger charge is -2.23. The van der Waals surface area contributed by atoms with Crippen molar-refractivity contribution in [2.45, 2.75) is 44.8 Å². The normalized spacial score (nSPS) is 19.4. The Balaban J connectivity index is 3.64. The van der Waals surface area contributed by atoms with Crippen molar-refractivity contribution < 1.29 is 15.3 Å². The SMILES string of the molecule is CCC(C)(O)CC(O)CCO. The van der Waals surface area contributed by atoms with Gasteiger partial charge in [-0.3, -0.25) is 0 Å². The van der Waals surface area contributed by atoms with Crippen LogP contribution in [0.3, 0.4) is 0 Å². The highest BCUT2D eigenvalue weighted by molar-refractivity contribution is 4.74. The second kappa shape index (κ2) is 4.70. The molecule has 0 bridgehead atoms. The number of aliphatic hydroxyl groups excluding tert-OH is 2. The van der Waals surface area contributed by atoms with Gasteiger partial charge in [-0.05, 0) is 19.8 Å². The van der Waals surface area contributed by atoms with Gasteiger partial charge in [0.2, 0.25) is 0 Å². The summed E-state index contributed by atoms with van der Waals surface area (Å²) in [5, 5.41) is 27.1. The molecular weight excluding hydrogens is 144 g/mol. The Bertz CT molecular complexity index is 102. The van der Waals surface area contributed by atoms with Gasteiger partial charge in [0.15, 0.2) is 0 Å². The molecule has 3 N–H and O–H groups in total. The third-order valence-corrected chi connectivity index (χ3v) is 1.90. The van der Waals surface area contributed by atoms with Gasteiger partial charge in [-0.1, -0.05) is 6.92 Å². The van der Waals surface area contributed by atoms with E-state index in [9.17, 15) is 10.2 Å². The van der Waals surface area contributed by atoms with E-state index in [-0.39, 0.29) is 6.61 Å². The van der Waals surface area contributed by atoms with Crippen LogP contribution in [0.1, 0.15) is 33.1 Å². The van der Waals surface area contributed by atoms with E-state index in [4.69, 9.17) is 5.11 Å². The first-order valence-electron chi connectivity index (χ1n) is 4.03. The summed E-state index contributed by atoms with van der Waals surface area (Å²) < 4.78 is 0. The molecule has 2 unspecified atom stereocenters. The van der Waals surface area contributed by atoms with Crippen LogP contribution in [-0.2, 0) is 0 Å². The molecule has 68 valence electrons. The van der Waals surface area contributed by atoms with E-state index in [0.29, 0.717) is 19.3 Å². The van der Waals surface area contributed by atoms with Crippen LogP contribution >= 0.6 is 0 Å². The minimum atomic E-state index is -0.797. The van der Waals surface area contributed by atoms with Gasteiger partial charge in [0.25, 0.3) is 0 Å². The molecule has 11 heavy (non-hydrogen) atoms. The zero-order valence-electron chi connectivity index (χ0n) is 7.25. The van der Waals surface area contributed by atoms with Crippen LogP contribution in [0.4, 0.5) is 0 Å². The smallest absolute Gasteiger partial charge is 0.0641 e. The Morgan fingerprint density at radius 2 is 2.00 bits per heavy atom. The van der Waals surface area contributed by atoms with E-state index in [1.807, 2.05) is 6.92 Å². The molecule has 0 aromatic carbocycles. The van der Waals surface area contributed by atoms with Crippen molar-refractivity contribution in [2.24, 2.45) is 0 Å². The molecule has 0 saturated carbocycles. The molecule has 0 aliphatic heterocycles. The molecule has 2 atom stereocenters.